The van der Waals surface area contributed by atoms with Crippen molar-refractivity contribution < 1.29 is 19.5 Å². The Hall–Kier alpha value is -1.50. The lowest BCUT2D eigenvalue weighted by atomic mass is 10.0. The lowest BCUT2D eigenvalue weighted by Crippen LogP contribution is -2.16. The molecule has 20 heavy (non-hydrogen) atoms. The number of hydrogen-bond donors (Lipinski definition) is 1. The van der Waals surface area contributed by atoms with E-state index < -0.39 is 17.5 Å². The van der Waals surface area contributed by atoms with Gasteiger partial charge in [0.15, 0.2) is 5.78 Å². The molecule has 0 bridgehead atoms. The van der Waals surface area contributed by atoms with Gasteiger partial charge < -0.3 is 5.11 Å². The summed E-state index contributed by atoms with van der Waals surface area (Å²) in [5, 5.41) is 8.63. The normalized spacial score (nSPS) is 10.1. The first-order valence-electron chi connectivity index (χ1n) is 6.11. The smallest absolute Gasteiger partial charge is 0.330 e. The molecule has 0 aliphatic heterocycles. The predicted octanol–water partition coefficient (Wildman–Crippen LogP) is 2.78. The van der Waals surface area contributed by atoms with Gasteiger partial charge >= 0.3 is 5.97 Å². The minimum absolute atomic E-state index is 0.0582. The van der Waals surface area contributed by atoms with Crippen LogP contribution in [0.4, 0.5) is 0 Å². The standard InChI is InChI=1S/C15H15IO4/c1-10(15(19)20)4-2-7-13(17)14(18)9-11-5-3-6-12(16)8-11/h3,5-6,8H,1-2,4,7,9H2,(H,19,20). The molecule has 1 aromatic rings. The van der Waals surface area contributed by atoms with Crippen molar-refractivity contribution in [3.63, 3.8) is 0 Å². The van der Waals surface area contributed by atoms with Crippen LogP contribution in [0, 0.1) is 3.57 Å². The van der Waals surface area contributed by atoms with E-state index in [-0.39, 0.29) is 24.8 Å². The van der Waals surface area contributed by atoms with Crippen LogP contribution in [0.5, 0.6) is 0 Å². The molecule has 0 atom stereocenters. The third kappa shape index (κ3) is 5.64. The molecule has 106 valence electrons. The van der Waals surface area contributed by atoms with E-state index in [0.717, 1.165) is 9.13 Å². The first-order chi connectivity index (χ1) is 9.40. The van der Waals surface area contributed by atoms with E-state index in [0.29, 0.717) is 6.42 Å². The number of carbonyl (C=O) groups excluding carboxylic acids is 2. The molecule has 0 fully saturated rings. The molecule has 1 aromatic carbocycles. The van der Waals surface area contributed by atoms with Crippen molar-refractivity contribution in [3.05, 3.63) is 45.6 Å². The summed E-state index contributed by atoms with van der Waals surface area (Å²) in [6.07, 6.45) is 0.713. The SMILES string of the molecule is C=C(CCCC(=O)C(=O)Cc1cccc(I)c1)C(=O)O. The number of carbonyl (C=O) groups is 3. The zero-order valence-electron chi connectivity index (χ0n) is 10.9. The lowest BCUT2D eigenvalue weighted by molar-refractivity contribution is -0.136. The van der Waals surface area contributed by atoms with E-state index in [2.05, 4.69) is 29.2 Å². The fourth-order valence-corrected chi connectivity index (χ4v) is 2.25. The van der Waals surface area contributed by atoms with Gasteiger partial charge in [-0.15, -0.1) is 0 Å². The highest BCUT2D eigenvalue weighted by atomic mass is 127. The molecule has 0 saturated carbocycles. The highest BCUT2D eigenvalue weighted by Gasteiger charge is 2.15. The van der Waals surface area contributed by atoms with Crippen LogP contribution < -0.4 is 0 Å². The quantitative estimate of drug-likeness (QED) is 0.424. The number of Topliss-reactive ketones (excluding diaryl/α,β-unsaturated/α-hetero) is 2. The van der Waals surface area contributed by atoms with E-state index in [1.165, 1.54) is 0 Å². The monoisotopic (exact) mass is 386 g/mol. The lowest BCUT2D eigenvalue weighted by Gasteiger charge is -2.02. The molecule has 0 aliphatic carbocycles. The summed E-state index contributed by atoms with van der Waals surface area (Å²) in [5.41, 5.74) is 0.869. The van der Waals surface area contributed by atoms with Crippen molar-refractivity contribution >= 4 is 40.1 Å². The van der Waals surface area contributed by atoms with Crippen LogP contribution in [-0.4, -0.2) is 22.6 Å². The van der Waals surface area contributed by atoms with Crippen LogP contribution in [0.15, 0.2) is 36.4 Å². The fraction of sp³-hybridized carbons (Fsp3) is 0.267. The second kappa shape index (κ2) is 7.94. The summed E-state index contributed by atoms with van der Waals surface area (Å²) >= 11 is 2.14. The van der Waals surface area contributed by atoms with Gasteiger partial charge in [0, 0.05) is 22.0 Å². The Bertz CT molecular complexity index is 549. The van der Waals surface area contributed by atoms with Gasteiger partial charge in [0.25, 0.3) is 0 Å². The summed E-state index contributed by atoms with van der Waals surface area (Å²) in [6.45, 7) is 3.38. The number of aliphatic carboxylic acids is 1. The first kappa shape index (κ1) is 16.6. The molecular formula is C15H15IO4. The van der Waals surface area contributed by atoms with Crippen molar-refractivity contribution in [2.24, 2.45) is 0 Å². The third-order valence-electron chi connectivity index (χ3n) is 2.75. The zero-order valence-corrected chi connectivity index (χ0v) is 13.1. The van der Waals surface area contributed by atoms with Gasteiger partial charge in [-0.25, -0.2) is 4.79 Å². The maximum absolute atomic E-state index is 11.7. The highest BCUT2D eigenvalue weighted by molar-refractivity contribution is 14.1. The summed E-state index contributed by atoms with van der Waals surface area (Å²) < 4.78 is 1.01. The van der Waals surface area contributed by atoms with Gasteiger partial charge in [-0.2, -0.15) is 0 Å². The second-order valence-electron chi connectivity index (χ2n) is 4.42. The molecule has 0 saturated heterocycles. The summed E-state index contributed by atoms with van der Waals surface area (Å²) in [7, 11) is 0. The van der Waals surface area contributed by atoms with Crippen molar-refractivity contribution in [3.8, 4) is 0 Å². The van der Waals surface area contributed by atoms with Crippen LogP contribution in [0.2, 0.25) is 0 Å². The van der Waals surface area contributed by atoms with Crippen LogP contribution in [-0.2, 0) is 20.8 Å². The van der Waals surface area contributed by atoms with E-state index >= 15 is 0 Å². The molecule has 0 unspecified atom stereocenters. The Morgan fingerprint density at radius 1 is 1.15 bits per heavy atom. The highest BCUT2D eigenvalue weighted by Crippen LogP contribution is 2.10. The van der Waals surface area contributed by atoms with Gasteiger partial charge in [0.05, 0.1) is 0 Å². The number of rotatable bonds is 8. The number of carboxylic acid groups (broad SMARTS) is 1. The Morgan fingerprint density at radius 2 is 1.85 bits per heavy atom. The Labute approximate surface area is 131 Å². The number of carboxylic acids is 1. The van der Waals surface area contributed by atoms with Crippen molar-refractivity contribution in [2.45, 2.75) is 25.7 Å². The molecule has 0 spiro atoms. The Balaban J connectivity index is 2.42. The largest absolute Gasteiger partial charge is 0.478 e. The molecule has 1 N–H and O–H groups in total. The fourth-order valence-electron chi connectivity index (χ4n) is 1.64. The molecule has 0 radical (unpaired) electrons. The number of benzene rings is 1. The number of ketones is 2. The average Bonchev–Trinajstić information content (AvgIpc) is 2.38. The minimum atomic E-state index is -1.07. The summed E-state index contributed by atoms with van der Waals surface area (Å²) in [4.78, 5) is 33.9. The van der Waals surface area contributed by atoms with Crippen LogP contribution in [0.25, 0.3) is 0 Å². The Morgan fingerprint density at radius 3 is 2.45 bits per heavy atom. The van der Waals surface area contributed by atoms with E-state index in [1.54, 1.807) is 6.07 Å². The summed E-state index contributed by atoms with van der Waals surface area (Å²) in [5.74, 6) is -1.96. The van der Waals surface area contributed by atoms with E-state index in [1.807, 2.05) is 18.2 Å². The van der Waals surface area contributed by atoms with E-state index in [9.17, 15) is 14.4 Å². The number of halogens is 1. The molecule has 0 aliphatic rings. The van der Waals surface area contributed by atoms with Gasteiger partial charge in [-0.05, 0) is 53.1 Å². The van der Waals surface area contributed by atoms with Gasteiger partial charge in [0.1, 0.15) is 0 Å². The third-order valence-corrected chi connectivity index (χ3v) is 3.42. The molecule has 0 heterocycles. The van der Waals surface area contributed by atoms with Crippen molar-refractivity contribution in [1.82, 2.24) is 0 Å². The molecular weight excluding hydrogens is 371 g/mol. The topological polar surface area (TPSA) is 71.4 Å². The molecule has 4 nitrogen and oxygen atoms in total. The number of hydrogen-bond acceptors (Lipinski definition) is 3. The maximum Gasteiger partial charge on any atom is 0.330 e. The minimum Gasteiger partial charge on any atom is -0.478 e. The predicted molar refractivity (Wildman–Crippen MR) is 83.5 cm³/mol. The maximum atomic E-state index is 11.7. The van der Waals surface area contributed by atoms with Crippen molar-refractivity contribution in [1.29, 1.82) is 0 Å². The van der Waals surface area contributed by atoms with Crippen LogP contribution in [0.1, 0.15) is 24.8 Å². The molecule has 5 heteroatoms. The average molecular weight is 386 g/mol. The van der Waals surface area contributed by atoms with Crippen LogP contribution >= 0.6 is 22.6 Å². The first-order valence-corrected chi connectivity index (χ1v) is 7.19. The van der Waals surface area contributed by atoms with Gasteiger partial charge in [0.2, 0.25) is 5.78 Å². The zero-order chi connectivity index (χ0) is 15.1. The van der Waals surface area contributed by atoms with Gasteiger partial charge in [-0.1, -0.05) is 18.7 Å². The molecule has 0 aromatic heterocycles. The second-order valence-corrected chi connectivity index (χ2v) is 5.66. The van der Waals surface area contributed by atoms with E-state index in [4.69, 9.17) is 5.11 Å². The van der Waals surface area contributed by atoms with Crippen LogP contribution in [0.3, 0.4) is 0 Å². The Kier molecular flexibility index (Phi) is 6.57. The van der Waals surface area contributed by atoms with Gasteiger partial charge in [-0.3, -0.25) is 9.59 Å². The summed E-state index contributed by atoms with van der Waals surface area (Å²) in [6, 6.07) is 7.41. The molecule has 0 amide bonds. The molecule has 1 rings (SSSR count). The van der Waals surface area contributed by atoms with Crippen molar-refractivity contribution in [2.75, 3.05) is 0 Å².